The number of nitrogens with zero attached hydrogens (tertiary/aromatic N) is 5. The van der Waals surface area contributed by atoms with E-state index in [1.54, 1.807) is 21.9 Å². The molecule has 3 aromatic rings. The van der Waals surface area contributed by atoms with Crippen LogP contribution in [0.25, 0.3) is 0 Å². The van der Waals surface area contributed by atoms with Crippen LogP contribution in [0.2, 0.25) is 5.02 Å². The molecule has 0 radical (unpaired) electrons. The Labute approximate surface area is 150 Å². The number of hydrogen-bond acceptors (Lipinski definition) is 4. The number of aromatic nitrogens is 5. The SMILES string of the molecule is Cc1cccc(Cn2cnc(NC(=O)CCn3cc(Cl)c(C)n3)n2)c1. The summed E-state index contributed by atoms with van der Waals surface area (Å²) >= 11 is 5.95. The van der Waals surface area contributed by atoms with Gasteiger partial charge in [-0.25, -0.2) is 9.67 Å². The van der Waals surface area contributed by atoms with Gasteiger partial charge in [0.25, 0.3) is 0 Å². The number of carbonyl (C=O) groups is 1. The lowest BCUT2D eigenvalue weighted by Crippen LogP contribution is -2.16. The second kappa shape index (κ2) is 7.48. The topological polar surface area (TPSA) is 77.6 Å². The number of anilines is 1. The summed E-state index contributed by atoms with van der Waals surface area (Å²) in [6.45, 7) is 4.92. The van der Waals surface area contributed by atoms with Crippen molar-refractivity contribution in [3.05, 3.63) is 58.6 Å². The van der Waals surface area contributed by atoms with Gasteiger partial charge in [0.15, 0.2) is 0 Å². The Morgan fingerprint density at radius 1 is 1.24 bits per heavy atom. The maximum absolute atomic E-state index is 12.0. The van der Waals surface area contributed by atoms with E-state index in [2.05, 4.69) is 26.6 Å². The molecule has 130 valence electrons. The predicted octanol–water partition coefficient (Wildman–Crippen LogP) is 2.82. The summed E-state index contributed by atoms with van der Waals surface area (Å²) in [5.41, 5.74) is 3.08. The lowest BCUT2D eigenvalue weighted by Gasteiger charge is -2.03. The molecule has 1 amide bonds. The van der Waals surface area contributed by atoms with E-state index in [0.29, 0.717) is 24.1 Å². The third-order valence-corrected chi connectivity index (χ3v) is 4.04. The molecule has 0 fully saturated rings. The van der Waals surface area contributed by atoms with Crippen molar-refractivity contribution in [1.29, 1.82) is 0 Å². The van der Waals surface area contributed by atoms with Crippen LogP contribution in [0.3, 0.4) is 0 Å². The molecule has 2 heterocycles. The van der Waals surface area contributed by atoms with Crippen LogP contribution in [0.5, 0.6) is 0 Å². The molecule has 1 aromatic carbocycles. The van der Waals surface area contributed by atoms with Gasteiger partial charge in [-0.15, -0.1) is 5.10 Å². The summed E-state index contributed by atoms with van der Waals surface area (Å²) in [4.78, 5) is 16.1. The Balaban J connectivity index is 1.53. The molecule has 0 saturated heterocycles. The van der Waals surface area contributed by atoms with E-state index in [-0.39, 0.29) is 12.3 Å². The highest BCUT2D eigenvalue weighted by atomic mass is 35.5. The van der Waals surface area contributed by atoms with E-state index in [1.165, 1.54) is 5.56 Å². The summed E-state index contributed by atoms with van der Waals surface area (Å²) in [5, 5.41) is 11.8. The molecule has 0 spiro atoms. The molecule has 7 nitrogen and oxygen atoms in total. The summed E-state index contributed by atoms with van der Waals surface area (Å²) in [6, 6.07) is 8.18. The van der Waals surface area contributed by atoms with Crippen molar-refractivity contribution in [1.82, 2.24) is 24.5 Å². The normalized spacial score (nSPS) is 10.8. The maximum atomic E-state index is 12.0. The number of halogens is 1. The van der Waals surface area contributed by atoms with E-state index in [1.807, 2.05) is 32.0 Å². The molecule has 0 saturated carbocycles. The number of nitrogens with one attached hydrogen (secondary N) is 1. The molecule has 0 aliphatic rings. The molecular formula is C17H19ClN6O. The van der Waals surface area contributed by atoms with Crippen LogP contribution >= 0.6 is 11.6 Å². The standard InChI is InChI=1S/C17H19ClN6O/c1-12-4-3-5-14(8-12)9-24-11-19-17(22-24)20-16(25)6-7-23-10-15(18)13(2)21-23/h3-5,8,10-11H,6-7,9H2,1-2H3,(H,20,22,25). The first-order valence-corrected chi connectivity index (χ1v) is 8.32. The predicted molar refractivity (Wildman–Crippen MR) is 95.5 cm³/mol. The fraction of sp³-hybridized carbons (Fsp3) is 0.294. The zero-order valence-electron chi connectivity index (χ0n) is 14.1. The Morgan fingerprint density at radius 2 is 2.08 bits per heavy atom. The molecule has 1 N–H and O–H groups in total. The third kappa shape index (κ3) is 4.67. The van der Waals surface area contributed by atoms with Gasteiger partial charge < -0.3 is 0 Å². The van der Waals surface area contributed by atoms with Crippen LogP contribution in [-0.2, 0) is 17.9 Å². The molecule has 25 heavy (non-hydrogen) atoms. The van der Waals surface area contributed by atoms with Gasteiger partial charge >= 0.3 is 0 Å². The van der Waals surface area contributed by atoms with E-state index in [4.69, 9.17) is 11.6 Å². The number of rotatable bonds is 6. The van der Waals surface area contributed by atoms with E-state index < -0.39 is 0 Å². The third-order valence-electron chi connectivity index (χ3n) is 3.67. The fourth-order valence-electron chi connectivity index (χ4n) is 2.44. The highest BCUT2D eigenvalue weighted by Crippen LogP contribution is 2.12. The Kier molecular flexibility index (Phi) is 5.14. The average Bonchev–Trinajstić information content (AvgIpc) is 3.12. The molecule has 0 atom stereocenters. The summed E-state index contributed by atoms with van der Waals surface area (Å²) in [7, 11) is 0. The first-order valence-electron chi connectivity index (χ1n) is 7.94. The van der Waals surface area contributed by atoms with Crippen LogP contribution in [0.1, 0.15) is 23.2 Å². The van der Waals surface area contributed by atoms with Gasteiger partial charge in [0.05, 0.1) is 17.3 Å². The van der Waals surface area contributed by atoms with Crippen LogP contribution in [0.4, 0.5) is 5.95 Å². The second-order valence-electron chi connectivity index (χ2n) is 5.88. The van der Waals surface area contributed by atoms with Gasteiger partial charge in [-0.05, 0) is 19.4 Å². The Bertz CT molecular complexity index is 865. The van der Waals surface area contributed by atoms with Gasteiger partial charge in [-0.2, -0.15) is 5.10 Å². The quantitative estimate of drug-likeness (QED) is 0.735. The average molecular weight is 359 g/mol. The van der Waals surface area contributed by atoms with Crippen molar-refractivity contribution in [2.45, 2.75) is 33.4 Å². The summed E-state index contributed by atoms with van der Waals surface area (Å²) in [5.74, 6) is 0.130. The van der Waals surface area contributed by atoms with Gasteiger partial charge in [-0.3, -0.25) is 14.8 Å². The van der Waals surface area contributed by atoms with Crippen LogP contribution in [-0.4, -0.2) is 30.5 Å². The minimum Gasteiger partial charge on any atom is -0.293 e. The van der Waals surface area contributed by atoms with Crippen molar-refractivity contribution in [3.63, 3.8) is 0 Å². The smallest absolute Gasteiger partial charge is 0.248 e. The Hall–Kier alpha value is -2.67. The number of aryl methyl sites for hydroxylation is 3. The summed E-state index contributed by atoms with van der Waals surface area (Å²) in [6.07, 6.45) is 3.58. The van der Waals surface area contributed by atoms with Crippen molar-refractivity contribution in [2.75, 3.05) is 5.32 Å². The van der Waals surface area contributed by atoms with Crippen LogP contribution < -0.4 is 5.32 Å². The van der Waals surface area contributed by atoms with E-state index >= 15 is 0 Å². The molecule has 2 aromatic heterocycles. The molecular weight excluding hydrogens is 340 g/mol. The monoisotopic (exact) mass is 358 g/mol. The van der Waals surface area contributed by atoms with Gasteiger partial charge in [0.1, 0.15) is 6.33 Å². The first-order chi connectivity index (χ1) is 12.0. The second-order valence-corrected chi connectivity index (χ2v) is 6.29. The Morgan fingerprint density at radius 3 is 2.80 bits per heavy atom. The lowest BCUT2D eigenvalue weighted by atomic mass is 10.1. The minimum absolute atomic E-state index is 0.169. The largest absolute Gasteiger partial charge is 0.293 e. The van der Waals surface area contributed by atoms with Crippen LogP contribution in [0.15, 0.2) is 36.8 Å². The fourth-order valence-corrected chi connectivity index (χ4v) is 2.59. The molecule has 0 aliphatic carbocycles. The van der Waals surface area contributed by atoms with Gasteiger partial charge in [-0.1, -0.05) is 41.4 Å². The van der Waals surface area contributed by atoms with Gasteiger partial charge in [0, 0.05) is 19.2 Å². The number of hydrogen-bond donors (Lipinski definition) is 1. The summed E-state index contributed by atoms with van der Waals surface area (Å²) < 4.78 is 3.35. The molecule has 0 unspecified atom stereocenters. The molecule has 8 heteroatoms. The lowest BCUT2D eigenvalue weighted by molar-refractivity contribution is -0.116. The zero-order valence-corrected chi connectivity index (χ0v) is 14.9. The zero-order chi connectivity index (χ0) is 17.8. The van der Waals surface area contributed by atoms with Crippen molar-refractivity contribution < 1.29 is 4.79 Å². The van der Waals surface area contributed by atoms with E-state index in [9.17, 15) is 4.79 Å². The number of benzene rings is 1. The molecule has 0 aliphatic heterocycles. The molecule has 0 bridgehead atoms. The first kappa shape index (κ1) is 17.2. The highest BCUT2D eigenvalue weighted by Gasteiger charge is 2.09. The maximum Gasteiger partial charge on any atom is 0.248 e. The van der Waals surface area contributed by atoms with Crippen molar-refractivity contribution in [2.24, 2.45) is 0 Å². The minimum atomic E-state index is -0.169. The van der Waals surface area contributed by atoms with E-state index in [0.717, 1.165) is 11.3 Å². The van der Waals surface area contributed by atoms with Crippen molar-refractivity contribution >= 4 is 23.5 Å². The molecule has 3 rings (SSSR count). The highest BCUT2D eigenvalue weighted by molar-refractivity contribution is 6.31. The number of amides is 1. The van der Waals surface area contributed by atoms with Crippen molar-refractivity contribution in [3.8, 4) is 0 Å². The number of carbonyl (C=O) groups excluding carboxylic acids is 1. The van der Waals surface area contributed by atoms with Gasteiger partial charge in [0.2, 0.25) is 11.9 Å². The van der Waals surface area contributed by atoms with Crippen LogP contribution in [0, 0.1) is 13.8 Å².